The molecule has 1 aliphatic heterocycles. The van der Waals surface area contributed by atoms with Gasteiger partial charge < -0.3 is 9.47 Å². The van der Waals surface area contributed by atoms with Crippen LogP contribution in [-0.2, 0) is 25.5 Å². The van der Waals surface area contributed by atoms with Crippen molar-refractivity contribution in [2.45, 2.75) is 63.8 Å². The number of methoxy groups -OCH3 is 1. The molecule has 1 atom stereocenters. The van der Waals surface area contributed by atoms with Gasteiger partial charge in [0.1, 0.15) is 12.2 Å². The fraction of sp³-hybridized carbons (Fsp3) is 0.480. The van der Waals surface area contributed by atoms with Crippen LogP contribution in [0.25, 0.3) is 0 Å². The molecule has 0 aromatic heterocycles. The molecular formula is C25H35NO5Si. The SMILES string of the molecule is COC(=O)/C(=C/CCCC/C=C/C[Si](C)(C)C)C(=O)N1C(=O)OC[C@@H]1Cc1ccccc1. The Kier molecular flexibility index (Phi) is 9.90. The number of cyclic esters (lactones) is 1. The predicted octanol–water partition coefficient (Wildman–Crippen LogP) is 5.13. The van der Waals surface area contributed by atoms with Gasteiger partial charge in [0.2, 0.25) is 0 Å². The largest absolute Gasteiger partial charge is 0.465 e. The van der Waals surface area contributed by atoms with Crippen molar-refractivity contribution in [2.24, 2.45) is 0 Å². The summed E-state index contributed by atoms with van der Waals surface area (Å²) in [4.78, 5) is 38.7. The molecule has 174 valence electrons. The van der Waals surface area contributed by atoms with Crippen molar-refractivity contribution in [1.82, 2.24) is 4.90 Å². The van der Waals surface area contributed by atoms with Gasteiger partial charge in [0.25, 0.3) is 5.91 Å². The molecule has 0 radical (unpaired) electrons. The Morgan fingerprint density at radius 1 is 1.12 bits per heavy atom. The molecule has 0 aliphatic carbocycles. The van der Waals surface area contributed by atoms with Crippen molar-refractivity contribution in [1.29, 1.82) is 0 Å². The van der Waals surface area contributed by atoms with Gasteiger partial charge in [0, 0.05) is 8.07 Å². The predicted molar refractivity (Wildman–Crippen MR) is 128 cm³/mol. The molecule has 0 bridgehead atoms. The first-order valence-electron chi connectivity index (χ1n) is 11.2. The van der Waals surface area contributed by atoms with E-state index < -0.39 is 32.1 Å². The molecule has 0 unspecified atom stereocenters. The first kappa shape index (κ1) is 25.6. The third kappa shape index (κ3) is 8.11. The lowest BCUT2D eigenvalue weighted by Gasteiger charge is -2.20. The van der Waals surface area contributed by atoms with E-state index in [1.165, 1.54) is 13.2 Å². The van der Waals surface area contributed by atoms with Gasteiger partial charge in [0.15, 0.2) is 0 Å². The molecule has 2 rings (SSSR count). The van der Waals surface area contributed by atoms with Crippen LogP contribution in [0.5, 0.6) is 0 Å². The van der Waals surface area contributed by atoms with Crippen LogP contribution in [0.1, 0.15) is 31.2 Å². The smallest absolute Gasteiger partial charge is 0.417 e. The lowest BCUT2D eigenvalue weighted by Crippen LogP contribution is -2.42. The normalized spacial score (nSPS) is 17.0. The van der Waals surface area contributed by atoms with Gasteiger partial charge in [-0.15, -0.1) is 0 Å². The van der Waals surface area contributed by atoms with E-state index in [1.807, 2.05) is 30.3 Å². The van der Waals surface area contributed by atoms with Gasteiger partial charge in [-0.3, -0.25) is 4.79 Å². The van der Waals surface area contributed by atoms with Crippen LogP contribution in [0.3, 0.4) is 0 Å². The molecule has 7 heteroatoms. The lowest BCUT2D eigenvalue weighted by atomic mass is 10.0. The van der Waals surface area contributed by atoms with Crippen LogP contribution in [-0.4, -0.2) is 50.7 Å². The van der Waals surface area contributed by atoms with Crippen LogP contribution >= 0.6 is 0 Å². The van der Waals surface area contributed by atoms with Gasteiger partial charge in [-0.25, -0.2) is 14.5 Å². The molecule has 1 aliphatic rings. The van der Waals surface area contributed by atoms with E-state index in [4.69, 9.17) is 9.47 Å². The summed E-state index contributed by atoms with van der Waals surface area (Å²) in [6.45, 7) is 7.13. The van der Waals surface area contributed by atoms with E-state index in [9.17, 15) is 14.4 Å². The first-order valence-corrected chi connectivity index (χ1v) is 14.9. The maximum Gasteiger partial charge on any atom is 0.417 e. The summed E-state index contributed by atoms with van der Waals surface area (Å²) in [5.74, 6) is -1.39. The Bertz CT molecular complexity index is 842. The second kappa shape index (κ2) is 12.4. The van der Waals surface area contributed by atoms with E-state index in [2.05, 4.69) is 31.8 Å². The van der Waals surface area contributed by atoms with E-state index >= 15 is 0 Å². The topological polar surface area (TPSA) is 72.9 Å². The van der Waals surface area contributed by atoms with Crippen LogP contribution in [0.4, 0.5) is 4.79 Å². The molecule has 6 nitrogen and oxygen atoms in total. The number of unbranched alkanes of at least 4 members (excludes halogenated alkanes) is 3. The fourth-order valence-corrected chi connectivity index (χ4v) is 4.32. The quantitative estimate of drug-likeness (QED) is 0.0876. The Hall–Kier alpha value is -2.67. The molecular weight excluding hydrogens is 422 g/mol. The summed E-state index contributed by atoms with van der Waals surface area (Å²) in [6.07, 6.45) is 9.13. The summed E-state index contributed by atoms with van der Waals surface area (Å²) in [5, 5.41) is 0. The molecule has 1 heterocycles. The highest BCUT2D eigenvalue weighted by Gasteiger charge is 2.40. The van der Waals surface area contributed by atoms with Crippen molar-refractivity contribution < 1.29 is 23.9 Å². The molecule has 2 amide bonds. The number of rotatable bonds is 11. The molecule has 1 aromatic carbocycles. The number of benzene rings is 1. The molecule has 0 saturated carbocycles. The second-order valence-electron chi connectivity index (χ2n) is 9.23. The summed E-state index contributed by atoms with van der Waals surface area (Å²) < 4.78 is 9.93. The molecule has 1 fully saturated rings. The van der Waals surface area contributed by atoms with Gasteiger partial charge >= 0.3 is 12.1 Å². The number of amides is 2. The highest BCUT2D eigenvalue weighted by Crippen LogP contribution is 2.21. The Balaban J connectivity index is 1.98. The average Bonchev–Trinajstić information content (AvgIpc) is 3.11. The summed E-state index contributed by atoms with van der Waals surface area (Å²) in [7, 11) is 0.179. The van der Waals surface area contributed by atoms with E-state index in [1.54, 1.807) is 6.08 Å². The number of allylic oxidation sites excluding steroid dienone is 3. The summed E-state index contributed by atoms with van der Waals surface area (Å²) in [6, 6.07) is 10.3. The maximum absolute atomic E-state index is 13.1. The number of hydrogen-bond acceptors (Lipinski definition) is 5. The number of nitrogens with zero attached hydrogens (tertiary/aromatic N) is 1. The summed E-state index contributed by atoms with van der Waals surface area (Å²) >= 11 is 0. The minimum atomic E-state index is -1.05. The van der Waals surface area contributed by atoms with Crippen molar-refractivity contribution in [2.75, 3.05) is 13.7 Å². The molecule has 1 saturated heterocycles. The third-order valence-electron chi connectivity index (χ3n) is 5.20. The standard InChI is InChI=1S/C25H35NO5Si/c1-30-24(28)22(16-12-7-5-6-8-13-17-32(2,3)4)23(27)26-21(19-31-25(26)29)18-20-14-10-9-11-15-20/h8-11,13-16,21H,5-7,12,17-19H2,1-4H3/b13-8+,22-16+/t21-/m0/s1. The van der Waals surface area contributed by atoms with Gasteiger partial charge in [-0.2, -0.15) is 0 Å². The van der Waals surface area contributed by atoms with Gasteiger partial charge in [0.05, 0.1) is 13.2 Å². The molecule has 32 heavy (non-hydrogen) atoms. The Morgan fingerprint density at radius 2 is 1.81 bits per heavy atom. The van der Waals surface area contributed by atoms with Crippen LogP contribution in [0.15, 0.2) is 54.1 Å². The van der Waals surface area contributed by atoms with Crippen LogP contribution in [0, 0.1) is 0 Å². The second-order valence-corrected chi connectivity index (χ2v) is 14.8. The van der Waals surface area contributed by atoms with E-state index in [0.717, 1.165) is 29.7 Å². The highest BCUT2D eigenvalue weighted by molar-refractivity contribution is 6.76. The van der Waals surface area contributed by atoms with Gasteiger partial charge in [-0.05, 0) is 43.7 Å². The third-order valence-corrected chi connectivity index (χ3v) is 6.66. The monoisotopic (exact) mass is 457 g/mol. The number of ether oxygens (including phenoxy) is 2. The number of carbonyl (C=O) groups excluding carboxylic acids is 3. The zero-order valence-electron chi connectivity index (χ0n) is 19.6. The maximum atomic E-state index is 13.1. The number of hydrogen-bond donors (Lipinski definition) is 0. The van der Waals surface area contributed by atoms with Crippen LogP contribution in [0.2, 0.25) is 25.7 Å². The average molecular weight is 458 g/mol. The molecule has 0 N–H and O–H groups in total. The minimum absolute atomic E-state index is 0.109. The minimum Gasteiger partial charge on any atom is -0.465 e. The van der Waals surface area contributed by atoms with Crippen molar-refractivity contribution in [3.05, 3.63) is 59.7 Å². The van der Waals surface area contributed by atoms with Crippen molar-refractivity contribution in [3.63, 3.8) is 0 Å². The van der Waals surface area contributed by atoms with E-state index in [0.29, 0.717) is 12.8 Å². The molecule has 1 aromatic rings. The molecule has 0 spiro atoms. The first-order chi connectivity index (χ1) is 15.2. The fourth-order valence-electron chi connectivity index (χ4n) is 3.45. The Morgan fingerprint density at radius 3 is 2.47 bits per heavy atom. The Labute approximate surface area is 192 Å². The number of imide groups is 1. The summed E-state index contributed by atoms with van der Waals surface area (Å²) in [5.41, 5.74) is 0.873. The van der Waals surface area contributed by atoms with Crippen molar-refractivity contribution in [3.8, 4) is 0 Å². The van der Waals surface area contributed by atoms with Crippen molar-refractivity contribution >= 4 is 26.0 Å². The lowest BCUT2D eigenvalue weighted by molar-refractivity contribution is -0.139. The number of carbonyl (C=O) groups is 3. The van der Waals surface area contributed by atoms with Crippen LogP contribution < -0.4 is 0 Å². The van der Waals surface area contributed by atoms with Gasteiger partial charge in [-0.1, -0.05) is 68.2 Å². The zero-order valence-corrected chi connectivity index (χ0v) is 20.6. The van der Waals surface area contributed by atoms with E-state index in [-0.39, 0.29) is 12.2 Å². The highest BCUT2D eigenvalue weighted by atomic mass is 28.3. The number of esters is 1. The zero-order chi connectivity index (χ0) is 23.6.